The van der Waals surface area contributed by atoms with Crippen molar-refractivity contribution in [3.8, 4) is 0 Å². The third kappa shape index (κ3) is 3.76. The van der Waals surface area contributed by atoms with Crippen LogP contribution in [-0.2, 0) is 4.79 Å². The highest BCUT2D eigenvalue weighted by Crippen LogP contribution is 2.68. The molecule has 0 amide bonds. The minimum Gasteiger partial charge on any atom is -0.393 e. The number of allylic oxidation sites excluding steroid dienone is 1. The van der Waals surface area contributed by atoms with Crippen LogP contribution in [0.25, 0.3) is 0 Å². The lowest BCUT2D eigenvalue weighted by Gasteiger charge is -2.60. The molecule has 188 valence electrons. The van der Waals surface area contributed by atoms with Gasteiger partial charge in [0.25, 0.3) is 0 Å². The normalized spacial score (nSPS) is 46.0. The maximum Gasteiger partial charge on any atom is 0.159 e. The van der Waals surface area contributed by atoms with E-state index >= 15 is 0 Å². The zero-order valence-electron chi connectivity index (χ0n) is 21.0. The summed E-state index contributed by atoms with van der Waals surface area (Å²) in [5.74, 6) is -0.426. The fourth-order valence-corrected chi connectivity index (χ4v) is 8.27. The third-order valence-corrected chi connectivity index (χ3v) is 10.5. The van der Waals surface area contributed by atoms with E-state index in [-0.39, 0.29) is 35.4 Å². The van der Waals surface area contributed by atoms with E-state index in [0.717, 1.165) is 18.4 Å². The molecule has 9 atom stereocenters. The van der Waals surface area contributed by atoms with Crippen LogP contribution < -0.4 is 0 Å². The van der Waals surface area contributed by atoms with Crippen LogP contribution in [0.1, 0.15) is 92.4 Å². The molecule has 6 heteroatoms. The van der Waals surface area contributed by atoms with E-state index in [1.54, 1.807) is 26.8 Å². The summed E-state index contributed by atoms with van der Waals surface area (Å²) >= 11 is 0. The highest BCUT2D eigenvalue weighted by atomic mass is 16.3. The van der Waals surface area contributed by atoms with Crippen LogP contribution in [0.5, 0.6) is 0 Å². The second-order valence-electron chi connectivity index (χ2n) is 13.0. The number of ketones is 1. The topological polar surface area (TPSA) is 118 Å². The van der Waals surface area contributed by atoms with E-state index in [4.69, 9.17) is 0 Å². The van der Waals surface area contributed by atoms with Gasteiger partial charge in [0.2, 0.25) is 0 Å². The Morgan fingerprint density at radius 1 is 1.06 bits per heavy atom. The zero-order valence-corrected chi connectivity index (χ0v) is 21.0. The Morgan fingerprint density at radius 2 is 1.73 bits per heavy atom. The molecule has 4 rings (SSSR count). The van der Waals surface area contributed by atoms with Crippen molar-refractivity contribution in [2.24, 2.45) is 28.6 Å². The number of fused-ring (bicyclic) bond motifs is 5. The Hall–Kier alpha value is -0.790. The number of carbonyl (C=O) groups excluding carboxylic acids is 1. The van der Waals surface area contributed by atoms with Crippen LogP contribution in [0.3, 0.4) is 0 Å². The molecule has 0 aromatic heterocycles. The Labute approximate surface area is 198 Å². The number of aliphatic hydroxyl groups is 5. The summed E-state index contributed by atoms with van der Waals surface area (Å²) in [5, 5.41) is 55.0. The van der Waals surface area contributed by atoms with Crippen molar-refractivity contribution in [3.05, 3.63) is 11.6 Å². The number of rotatable bonds is 5. The summed E-state index contributed by atoms with van der Waals surface area (Å²) in [6.07, 6.45) is 5.38. The smallest absolute Gasteiger partial charge is 0.159 e. The van der Waals surface area contributed by atoms with E-state index in [1.165, 1.54) is 0 Å². The number of aliphatic hydroxyl groups excluding tert-OH is 2. The van der Waals surface area contributed by atoms with Gasteiger partial charge >= 0.3 is 0 Å². The fourth-order valence-electron chi connectivity index (χ4n) is 8.27. The lowest BCUT2D eigenvalue weighted by molar-refractivity contribution is -0.172. The lowest BCUT2D eigenvalue weighted by Crippen LogP contribution is -2.62. The number of hydrogen-bond donors (Lipinski definition) is 5. The van der Waals surface area contributed by atoms with E-state index in [1.807, 2.05) is 6.92 Å². The van der Waals surface area contributed by atoms with Gasteiger partial charge in [-0.1, -0.05) is 13.8 Å². The fraction of sp³-hybridized carbons (Fsp3) is 0.889. The van der Waals surface area contributed by atoms with Crippen molar-refractivity contribution in [3.63, 3.8) is 0 Å². The average Bonchev–Trinajstić information content (AvgIpc) is 2.99. The summed E-state index contributed by atoms with van der Waals surface area (Å²) < 4.78 is 0. The minimum atomic E-state index is -1.42. The second-order valence-corrected chi connectivity index (χ2v) is 13.0. The van der Waals surface area contributed by atoms with Crippen molar-refractivity contribution >= 4 is 5.78 Å². The highest BCUT2D eigenvalue weighted by molar-refractivity contribution is 5.95. The average molecular weight is 465 g/mol. The summed E-state index contributed by atoms with van der Waals surface area (Å²) in [6, 6.07) is 0. The highest BCUT2D eigenvalue weighted by Gasteiger charge is 2.68. The van der Waals surface area contributed by atoms with E-state index in [9.17, 15) is 30.3 Å². The van der Waals surface area contributed by atoms with Gasteiger partial charge in [-0.2, -0.15) is 0 Å². The maximum atomic E-state index is 13.2. The molecule has 0 aromatic rings. The van der Waals surface area contributed by atoms with E-state index in [2.05, 4.69) is 6.92 Å². The van der Waals surface area contributed by atoms with E-state index in [0.29, 0.717) is 38.5 Å². The van der Waals surface area contributed by atoms with Gasteiger partial charge < -0.3 is 25.5 Å². The SMILES string of the molecule is CC(C)(O)CC[C@@H](O)[C@](C)(O)[C@H]1CC[C@@]2(O)C3=CC(=O)[C@@H]4C[C@@H](O)CC[C@]4(C)[C@H]3CC[C@]12C. The van der Waals surface area contributed by atoms with Crippen LogP contribution in [0.2, 0.25) is 0 Å². The molecule has 3 fully saturated rings. The molecule has 3 saturated carbocycles. The lowest BCUT2D eigenvalue weighted by atomic mass is 9.46. The summed E-state index contributed by atoms with van der Waals surface area (Å²) in [6.45, 7) is 9.22. The van der Waals surface area contributed by atoms with Crippen LogP contribution in [0.4, 0.5) is 0 Å². The maximum absolute atomic E-state index is 13.2. The number of carbonyl (C=O) groups is 1. The van der Waals surface area contributed by atoms with Gasteiger partial charge in [0.15, 0.2) is 5.78 Å². The number of hydrogen-bond acceptors (Lipinski definition) is 6. The van der Waals surface area contributed by atoms with Crippen molar-refractivity contribution in [1.29, 1.82) is 0 Å². The molecular weight excluding hydrogens is 420 g/mol. The van der Waals surface area contributed by atoms with Crippen LogP contribution in [0, 0.1) is 28.6 Å². The first-order valence-corrected chi connectivity index (χ1v) is 12.9. The predicted molar refractivity (Wildman–Crippen MR) is 125 cm³/mol. The Kier molecular flexibility index (Phi) is 6.03. The quantitative estimate of drug-likeness (QED) is 0.427. The van der Waals surface area contributed by atoms with Gasteiger partial charge in [-0.05, 0) is 107 Å². The molecular formula is C27H44O6. The van der Waals surface area contributed by atoms with Crippen molar-refractivity contribution in [1.82, 2.24) is 0 Å². The largest absolute Gasteiger partial charge is 0.393 e. The standard InChI is InChI=1S/C27H44O6/c1-23(2,31)10-9-22(30)26(5,32)21-8-13-27(33)18-15-20(29)19-14-16(28)6-11-24(19,3)17(18)7-12-25(21,27)4/h15-17,19,21-22,28,30-33H,6-14H2,1-5H3/t16-,17-,19-,21-,22+,24+,25+,26+,27+/m0/s1. The van der Waals surface area contributed by atoms with Crippen molar-refractivity contribution < 1.29 is 30.3 Å². The molecule has 0 spiro atoms. The molecule has 0 aliphatic heterocycles. The molecule has 5 N–H and O–H groups in total. The molecule has 0 radical (unpaired) electrons. The molecule has 33 heavy (non-hydrogen) atoms. The molecule has 4 aliphatic rings. The van der Waals surface area contributed by atoms with Gasteiger partial charge in [0.1, 0.15) is 0 Å². The Bertz CT molecular complexity index is 827. The third-order valence-electron chi connectivity index (χ3n) is 10.5. The molecule has 0 bridgehead atoms. The molecule has 0 heterocycles. The van der Waals surface area contributed by atoms with Crippen molar-refractivity contribution in [2.45, 2.75) is 121 Å². The zero-order chi connectivity index (χ0) is 24.6. The minimum absolute atomic E-state index is 0.0144. The van der Waals surface area contributed by atoms with Crippen LogP contribution in [-0.4, -0.2) is 60.3 Å². The molecule has 0 unspecified atom stereocenters. The van der Waals surface area contributed by atoms with Crippen LogP contribution in [0.15, 0.2) is 11.6 Å². The molecule has 6 nitrogen and oxygen atoms in total. The predicted octanol–water partition coefficient (Wildman–Crippen LogP) is 2.88. The summed E-state index contributed by atoms with van der Waals surface area (Å²) in [7, 11) is 0. The first-order valence-electron chi connectivity index (χ1n) is 12.9. The monoisotopic (exact) mass is 464 g/mol. The van der Waals surface area contributed by atoms with Gasteiger partial charge in [0, 0.05) is 11.3 Å². The molecule has 0 aromatic carbocycles. The second kappa shape index (κ2) is 7.86. The van der Waals surface area contributed by atoms with Gasteiger partial charge in [-0.25, -0.2) is 0 Å². The summed E-state index contributed by atoms with van der Waals surface area (Å²) in [5.41, 5.74) is -3.64. The van der Waals surface area contributed by atoms with E-state index < -0.39 is 34.4 Å². The van der Waals surface area contributed by atoms with Crippen LogP contribution >= 0.6 is 0 Å². The van der Waals surface area contributed by atoms with Gasteiger partial charge in [-0.15, -0.1) is 0 Å². The van der Waals surface area contributed by atoms with Gasteiger partial charge in [-0.3, -0.25) is 4.79 Å². The summed E-state index contributed by atoms with van der Waals surface area (Å²) in [4.78, 5) is 13.2. The Morgan fingerprint density at radius 3 is 2.36 bits per heavy atom. The van der Waals surface area contributed by atoms with Gasteiger partial charge in [0.05, 0.1) is 29.0 Å². The van der Waals surface area contributed by atoms with Crippen molar-refractivity contribution in [2.75, 3.05) is 0 Å². The molecule has 4 aliphatic carbocycles. The first kappa shape index (κ1) is 25.3. The Balaban J connectivity index is 1.65. The molecule has 0 saturated heterocycles. The first-order chi connectivity index (χ1) is 15.1.